The summed E-state index contributed by atoms with van der Waals surface area (Å²) >= 11 is 1.26. The second-order valence-corrected chi connectivity index (χ2v) is 6.53. The number of hydrogen-bond acceptors (Lipinski definition) is 6. The predicted octanol–water partition coefficient (Wildman–Crippen LogP) is 2.38. The molecule has 0 unspecified atom stereocenters. The molecule has 1 amide bonds. The maximum Gasteiger partial charge on any atom is 0.274 e. The summed E-state index contributed by atoms with van der Waals surface area (Å²) in [5.41, 5.74) is 0.815. The average Bonchev–Trinajstić information content (AvgIpc) is 3.01. The Hall–Kier alpha value is -3.00. The van der Waals surface area contributed by atoms with Crippen molar-refractivity contribution in [3.8, 4) is 5.75 Å². The summed E-state index contributed by atoms with van der Waals surface area (Å²) in [6.45, 7) is 2.08. The SMILES string of the molecule is Cc1nnc(NC(=O)c2cc(=O)c(OCc3ccccc3)cn2C)s1. The second-order valence-electron chi connectivity index (χ2n) is 5.35. The highest BCUT2D eigenvalue weighted by Crippen LogP contribution is 2.15. The monoisotopic (exact) mass is 356 g/mol. The lowest BCUT2D eigenvalue weighted by Crippen LogP contribution is -2.21. The fourth-order valence-corrected chi connectivity index (χ4v) is 2.77. The summed E-state index contributed by atoms with van der Waals surface area (Å²) in [5.74, 6) is -0.236. The van der Waals surface area contributed by atoms with Crippen LogP contribution in [0.15, 0.2) is 47.4 Å². The number of nitrogens with zero attached hydrogens (tertiary/aromatic N) is 3. The Kier molecular flexibility index (Phi) is 4.90. The molecule has 0 spiro atoms. The molecule has 2 heterocycles. The number of rotatable bonds is 5. The highest BCUT2D eigenvalue weighted by Gasteiger charge is 2.14. The van der Waals surface area contributed by atoms with Crippen molar-refractivity contribution in [2.75, 3.05) is 5.32 Å². The van der Waals surface area contributed by atoms with Gasteiger partial charge in [-0.1, -0.05) is 41.7 Å². The van der Waals surface area contributed by atoms with Gasteiger partial charge in [-0.15, -0.1) is 10.2 Å². The first kappa shape index (κ1) is 16.8. The zero-order valence-corrected chi connectivity index (χ0v) is 14.5. The Morgan fingerprint density at radius 1 is 1.28 bits per heavy atom. The van der Waals surface area contributed by atoms with Gasteiger partial charge in [0.25, 0.3) is 5.91 Å². The maximum atomic E-state index is 12.3. The molecule has 1 N–H and O–H groups in total. The molecule has 0 radical (unpaired) electrons. The molecule has 0 fully saturated rings. The van der Waals surface area contributed by atoms with Gasteiger partial charge in [-0.2, -0.15) is 0 Å². The third kappa shape index (κ3) is 4.10. The van der Waals surface area contributed by atoms with Crippen LogP contribution >= 0.6 is 11.3 Å². The summed E-state index contributed by atoms with van der Waals surface area (Å²) in [5, 5.41) is 11.4. The molecule has 2 aromatic heterocycles. The van der Waals surface area contributed by atoms with E-state index in [1.54, 1.807) is 18.5 Å². The molecule has 7 nitrogen and oxygen atoms in total. The van der Waals surface area contributed by atoms with E-state index in [1.165, 1.54) is 23.6 Å². The van der Waals surface area contributed by atoms with E-state index in [0.717, 1.165) is 10.6 Å². The van der Waals surface area contributed by atoms with E-state index >= 15 is 0 Å². The molecule has 1 aromatic carbocycles. The first-order valence-corrected chi connectivity index (χ1v) is 8.33. The van der Waals surface area contributed by atoms with Crippen LogP contribution in [-0.2, 0) is 13.7 Å². The van der Waals surface area contributed by atoms with Gasteiger partial charge >= 0.3 is 0 Å². The number of nitrogens with one attached hydrogen (secondary N) is 1. The average molecular weight is 356 g/mol. The van der Waals surface area contributed by atoms with Crippen LogP contribution in [0.5, 0.6) is 5.75 Å². The van der Waals surface area contributed by atoms with Crippen LogP contribution in [0.3, 0.4) is 0 Å². The minimum Gasteiger partial charge on any atom is -0.483 e. The molecule has 0 atom stereocenters. The number of aromatic nitrogens is 3. The van der Waals surface area contributed by atoms with Gasteiger partial charge in [0.1, 0.15) is 17.3 Å². The standard InChI is InChI=1S/C17H16N4O3S/c1-11-19-20-17(25-11)18-16(23)13-8-14(22)15(9-21(13)2)24-10-12-6-4-3-5-7-12/h3-9H,10H2,1-2H3,(H,18,20,23). The summed E-state index contributed by atoms with van der Waals surface area (Å²) < 4.78 is 7.12. The quantitative estimate of drug-likeness (QED) is 0.758. The molecular formula is C17H16N4O3S. The van der Waals surface area contributed by atoms with E-state index < -0.39 is 5.91 Å². The third-order valence-corrected chi connectivity index (χ3v) is 4.17. The van der Waals surface area contributed by atoms with Crippen LogP contribution in [0.1, 0.15) is 21.1 Å². The minimum atomic E-state index is -0.426. The van der Waals surface area contributed by atoms with Gasteiger partial charge in [0.15, 0.2) is 5.75 Å². The Balaban J connectivity index is 1.75. The zero-order valence-electron chi connectivity index (χ0n) is 13.7. The lowest BCUT2D eigenvalue weighted by Gasteiger charge is -2.11. The Labute approximate surface area is 147 Å². The number of ether oxygens (including phenoxy) is 1. The summed E-state index contributed by atoms with van der Waals surface area (Å²) in [7, 11) is 1.68. The third-order valence-electron chi connectivity index (χ3n) is 3.42. The molecule has 0 saturated heterocycles. The van der Waals surface area contributed by atoms with Crippen molar-refractivity contribution in [3.05, 3.63) is 69.1 Å². The number of amides is 1. The lowest BCUT2D eigenvalue weighted by atomic mass is 10.2. The van der Waals surface area contributed by atoms with E-state index in [2.05, 4.69) is 15.5 Å². The number of aryl methyl sites for hydroxylation is 2. The largest absolute Gasteiger partial charge is 0.483 e. The molecule has 0 aliphatic heterocycles. The second kappa shape index (κ2) is 7.27. The topological polar surface area (TPSA) is 86.1 Å². The van der Waals surface area contributed by atoms with Gasteiger partial charge in [0, 0.05) is 13.1 Å². The summed E-state index contributed by atoms with van der Waals surface area (Å²) in [4.78, 5) is 24.5. The van der Waals surface area contributed by atoms with Crippen LogP contribution in [0, 0.1) is 6.92 Å². The Morgan fingerprint density at radius 2 is 2.04 bits per heavy atom. The highest BCUT2D eigenvalue weighted by molar-refractivity contribution is 7.15. The van der Waals surface area contributed by atoms with Crippen molar-refractivity contribution in [2.45, 2.75) is 13.5 Å². The molecule has 0 saturated carbocycles. The fraction of sp³-hybridized carbons (Fsp3) is 0.176. The van der Waals surface area contributed by atoms with Crippen LogP contribution in [0.25, 0.3) is 0 Å². The smallest absolute Gasteiger partial charge is 0.274 e. The van der Waals surface area contributed by atoms with Gasteiger partial charge in [-0.25, -0.2) is 0 Å². The van der Waals surface area contributed by atoms with Crippen LogP contribution in [0.2, 0.25) is 0 Å². The van der Waals surface area contributed by atoms with Crippen molar-refractivity contribution in [3.63, 3.8) is 0 Å². The number of anilines is 1. The zero-order chi connectivity index (χ0) is 17.8. The molecule has 0 aliphatic carbocycles. The van der Waals surface area contributed by atoms with Crippen LogP contribution in [-0.4, -0.2) is 20.7 Å². The van der Waals surface area contributed by atoms with E-state index in [9.17, 15) is 9.59 Å². The maximum absolute atomic E-state index is 12.3. The van der Waals surface area contributed by atoms with E-state index in [-0.39, 0.29) is 23.5 Å². The summed E-state index contributed by atoms with van der Waals surface area (Å²) in [6.07, 6.45) is 1.51. The van der Waals surface area contributed by atoms with Gasteiger partial charge in [-0.05, 0) is 12.5 Å². The van der Waals surface area contributed by atoms with Crippen molar-refractivity contribution >= 4 is 22.4 Å². The molecule has 8 heteroatoms. The molecular weight excluding hydrogens is 340 g/mol. The van der Waals surface area contributed by atoms with Gasteiger partial charge in [0.05, 0.1) is 6.20 Å². The molecule has 0 bridgehead atoms. The van der Waals surface area contributed by atoms with Gasteiger partial charge in [0.2, 0.25) is 10.6 Å². The van der Waals surface area contributed by atoms with Gasteiger partial charge < -0.3 is 9.30 Å². The molecule has 25 heavy (non-hydrogen) atoms. The number of carbonyl (C=O) groups excluding carboxylic acids is 1. The lowest BCUT2D eigenvalue weighted by molar-refractivity contribution is 0.101. The number of hydrogen-bond donors (Lipinski definition) is 1. The predicted molar refractivity (Wildman–Crippen MR) is 95.1 cm³/mol. The van der Waals surface area contributed by atoms with Crippen LogP contribution in [0.4, 0.5) is 5.13 Å². The highest BCUT2D eigenvalue weighted by atomic mass is 32.1. The minimum absolute atomic E-state index is 0.190. The number of pyridine rings is 1. The number of carbonyl (C=O) groups is 1. The van der Waals surface area contributed by atoms with Crippen molar-refractivity contribution in [1.29, 1.82) is 0 Å². The van der Waals surface area contributed by atoms with Crippen molar-refractivity contribution < 1.29 is 9.53 Å². The van der Waals surface area contributed by atoms with Crippen LogP contribution < -0.4 is 15.5 Å². The van der Waals surface area contributed by atoms with Crippen molar-refractivity contribution in [2.24, 2.45) is 7.05 Å². The van der Waals surface area contributed by atoms with E-state index in [1.807, 2.05) is 30.3 Å². The molecule has 3 rings (SSSR count). The Morgan fingerprint density at radius 3 is 2.72 bits per heavy atom. The molecule has 128 valence electrons. The van der Waals surface area contributed by atoms with Gasteiger partial charge in [-0.3, -0.25) is 14.9 Å². The number of benzene rings is 1. The molecule has 3 aromatic rings. The Bertz CT molecular complexity index is 950. The normalized spacial score (nSPS) is 10.5. The first-order chi connectivity index (χ1) is 12.0. The van der Waals surface area contributed by atoms with E-state index in [0.29, 0.717) is 5.13 Å². The summed E-state index contributed by atoms with van der Waals surface area (Å²) in [6, 6.07) is 10.8. The molecule has 0 aliphatic rings. The fourth-order valence-electron chi connectivity index (χ4n) is 2.18. The first-order valence-electron chi connectivity index (χ1n) is 7.52. The van der Waals surface area contributed by atoms with Crippen molar-refractivity contribution in [1.82, 2.24) is 14.8 Å². The van der Waals surface area contributed by atoms with E-state index in [4.69, 9.17) is 4.74 Å².